The third-order valence-corrected chi connectivity index (χ3v) is 7.32. The van der Waals surface area contributed by atoms with E-state index in [4.69, 9.17) is 4.74 Å². The van der Waals surface area contributed by atoms with Gasteiger partial charge >= 0.3 is 0 Å². The van der Waals surface area contributed by atoms with Crippen molar-refractivity contribution in [2.45, 2.75) is 18.1 Å². The molecule has 2 aliphatic rings. The van der Waals surface area contributed by atoms with Gasteiger partial charge in [-0.25, -0.2) is 8.42 Å². The number of benzene rings is 2. The summed E-state index contributed by atoms with van der Waals surface area (Å²) in [5, 5.41) is -0.209. The Morgan fingerprint density at radius 2 is 1.52 bits per heavy atom. The summed E-state index contributed by atoms with van der Waals surface area (Å²) < 4.78 is 32.1. The Hall–Kier alpha value is -2.38. The minimum absolute atomic E-state index is 0.134. The summed E-state index contributed by atoms with van der Waals surface area (Å²) >= 11 is 0. The second kappa shape index (κ2) is 7.32. The summed E-state index contributed by atoms with van der Waals surface area (Å²) in [5.74, 6) is 1.03. The number of ether oxygens (including phenoxy) is 1. The van der Waals surface area contributed by atoms with Gasteiger partial charge in [-0.1, -0.05) is 30.3 Å². The minimum Gasteiger partial charge on any atom is -0.457 e. The molecule has 1 amide bonds. The van der Waals surface area contributed by atoms with Crippen molar-refractivity contribution in [3.8, 4) is 11.5 Å². The van der Waals surface area contributed by atoms with Gasteiger partial charge in [0.1, 0.15) is 11.5 Å². The molecule has 1 saturated heterocycles. The van der Waals surface area contributed by atoms with E-state index in [1.165, 1.54) is 4.31 Å². The van der Waals surface area contributed by atoms with Crippen molar-refractivity contribution in [2.24, 2.45) is 0 Å². The monoisotopic (exact) mass is 386 g/mol. The second-order valence-corrected chi connectivity index (χ2v) is 9.06. The number of hydrogen-bond donors (Lipinski definition) is 0. The molecule has 142 valence electrons. The van der Waals surface area contributed by atoms with Crippen LogP contribution in [0.4, 0.5) is 0 Å². The van der Waals surface area contributed by atoms with Gasteiger partial charge in [-0.2, -0.15) is 4.31 Å². The lowest BCUT2D eigenvalue weighted by Crippen LogP contribution is -2.51. The van der Waals surface area contributed by atoms with Crippen molar-refractivity contribution in [1.29, 1.82) is 0 Å². The van der Waals surface area contributed by atoms with Crippen LogP contribution in [-0.2, 0) is 10.0 Å². The lowest BCUT2D eigenvalue weighted by atomic mass is 10.1. The van der Waals surface area contributed by atoms with Crippen LogP contribution in [0, 0.1) is 0 Å². The van der Waals surface area contributed by atoms with E-state index < -0.39 is 10.0 Å². The standard InChI is InChI=1S/C20H22N2O4S/c23-20(21-12-14-22(15-13-21)27(24,25)17-10-11-17)18-8-4-5-9-19(18)26-16-6-2-1-3-7-16/h1-9,17H,10-15H2. The molecule has 0 spiro atoms. The van der Waals surface area contributed by atoms with Crippen molar-refractivity contribution in [2.75, 3.05) is 26.2 Å². The molecule has 1 aliphatic carbocycles. The lowest BCUT2D eigenvalue weighted by Gasteiger charge is -2.34. The van der Waals surface area contributed by atoms with Crippen molar-refractivity contribution in [3.05, 3.63) is 60.2 Å². The minimum atomic E-state index is -3.18. The summed E-state index contributed by atoms with van der Waals surface area (Å²) in [6.45, 7) is 1.49. The quantitative estimate of drug-likeness (QED) is 0.792. The highest BCUT2D eigenvalue weighted by molar-refractivity contribution is 7.90. The zero-order valence-electron chi connectivity index (χ0n) is 15.0. The largest absolute Gasteiger partial charge is 0.457 e. The number of hydrogen-bond acceptors (Lipinski definition) is 4. The zero-order valence-corrected chi connectivity index (χ0v) is 15.8. The molecule has 0 N–H and O–H groups in total. The number of para-hydroxylation sites is 2. The van der Waals surface area contributed by atoms with E-state index in [1.807, 2.05) is 36.4 Å². The normalized spacial score (nSPS) is 18.3. The van der Waals surface area contributed by atoms with Gasteiger partial charge in [-0.3, -0.25) is 4.79 Å². The Balaban J connectivity index is 1.46. The van der Waals surface area contributed by atoms with E-state index >= 15 is 0 Å². The Bertz CT molecular complexity index is 918. The first-order valence-electron chi connectivity index (χ1n) is 9.16. The van der Waals surface area contributed by atoms with Crippen LogP contribution in [0.1, 0.15) is 23.2 Å². The van der Waals surface area contributed by atoms with Crippen LogP contribution in [0.5, 0.6) is 11.5 Å². The SMILES string of the molecule is O=C(c1ccccc1Oc1ccccc1)N1CCN(S(=O)(=O)C2CC2)CC1. The van der Waals surface area contributed by atoms with Crippen LogP contribution in [0.3, 0.4) is 0 Å². The lowest BCUT2D eigenvalue weighted by molar-refractivity contribution is 0.0695. The highest BCUT2D eigenvalue weighted by Crippen LogP contribution is 2.32. The van der Waals surface area contributed by atoms with Gasteiger partial charge in [0.05, 0.1) is 10.8 Å². The van der Waals surface area contributed by atoms with Crippen LogP contribution in [-0.4, -0.2) is 55.0 Å². The molecule has 0 aromatic heterocycles. The highest BCUT2D eigenvalue weighted by atomic mass is 32.2. The molecule has 0 radical (unpaired) electrons. The molecule has 2 fully saturated rings. The maximum Gasteiger partial charge on any atom is 0.257 e. The smallest absolute Gasteiger partial charge is 0.257 e. The molecule has 27 heavy (non-hydrogen) atoms. The molecule has 0 unspecified atom stereocenters. The second-order valence-electron chi connectivity index (χ2n) is 6.85. The van der Waals surface area contributed by atoms with Gasteiger partial charge < -0.3 is 9.64 Å². The first-order valence-corrected chi connectivity index (χ1v) is 10.7. The van der Waals surface area contributed by atoms with Crippen molar-refractivity contribution < 1.29 is 17.9 Å². The summed E-state index contributed by atoms with van der Waals surface area (Å²) in [5.41, 5.74) is 0.486. The molecule has 0 atom stereocenters. The van der Waals surface area contributed by atoms with Gasteiger partial charge in [-0.05, 0) is 37.1 Å². The topological polar surface area (TPSA) is 66.9 Å². The molecule has 0 bridgehead atoms. The average Bonchev–Trinajstić information content (AvgIpc) is 3.55. The van der Waals surface area contributed by atoms with E-state index in [0.29, 0.717) is 43.2 Å². The van der Waals surface area contributed by atoms with Crippen LogP contribution < -0.4 is 4.74 Å². The molecular formula is C20H22N2O4S. The number of nitrogens with zero attached hydrogens (tertiary/aromatic N) is 2. The molecule has 1 heterocycles. The fourth-order valence-corrected chi connectivity index (χ4v) is 5.07. The molecule has 7 heteroatoms. The molecule has 1 aliphatic heterocycles. The van der Waals surface area contributed by atoms with Gasteiger partial charge in [0.2, 0.25) is 10.0 Å². The number of piperazine rings is 1. The Kier molecular flexibility index (Phi) is 4.88. The van der Waals surface area contributed by atoms with Crippen LogP contribution in [0.2, 0.25) is 0 Å². The first-order chi connectivity index (χ1) is 13.1. The summed E-state index contributed by atoms with van der Waals surface area (Å²) in [6, 6.07) is 16.5. The van der Waals surface area contributed by atoms with Gasteiger partial charge in [0.15, 0.2) is 0 Å². The van der Waals surface area contributed by atoms with Crippen LogP contribution in [0.15, 0.2) is 54.6 Å². The van der Waals surface area contributed by atoms with E-state index in [9.17, 15) is 13.2 Å². The van der Waals surface area contributed by atoms with E-state index in [2.05, 4.69) is 0 Å². The maximum absolute atomic E-state index is 13.0. The van der Waals surface area contributed by atoms with Crippen LogP contribution in [0.25, 0.3) is 0 Å². The van der Waals surface area contributed by atoms with Crippen LogP contribution >= 0.6 is 0 Å². The molecule has 2 aromatic carbocycles. The van der Waals surface area contributed by atoms with E-state index in [0.717, 1.165) is 12.8 Å². The molecule has 6 nitrogen and oxygen atoms in total. The predicted octanol–water partition coefficient (Wildman–Crippen LogP) is 2.73. The van der Waals surface area contributed by atoms with Gasteiger partial charge in [0.25, 0.3) is 5.91 Å². The number of sulfonamides is 1. The third-order valence-electron chi connectivity index (χ3n) is 4.92. The number of carbonyl (C=O) groups excluding carboxylic acids is 1. The van der Waals surface area contributed by atoms with Crippen molar-refractivity contribution >= 4 is 15.9 Å². The Morgan fingerprint density at radius 1 is 0.889 bits per heavy atom. The molecule has 4 rings (SSSR count). The fourth-order valence-electron chi connectivity index (χ4n) is 3.24. The molecule has 1 saturated carbocycles. The maximum atomic E-state index is 13.0. The average molecular weight is 386 g/mol. The number of carbonyl (C=O) groups is 1. The van der Waals surface area contributed by atoms with Crippen molar-refractivity contribution in [1.82, 2.24) is 9.21 Å². The first kappa shape index (κ1) is 18.0. The zero-order chi connectivity index (χ0) is 18.9. The third kappa shape index (κ3) is 3.84. The Morgan fingerprint density at radius 3 is 2.19 bits per heavy atom. The van der Waals surface area contributed by atoms with E-state index in [-0.39, 0.29) is 11.2 Å². The highest BCUT2D eigenvalue weighted by Gasteiger charge is 2.41. The summed E-state index contributed by atoms with van der Waals surface area (Å²) in [7, 11) is -3.18. The summed E-state index contributed by atoms with van der Waals surface area (Å²) in [6.07, 6.45) is 1.51. The van der Waals surface area contributed by atoms with Gasteiger partial charge in [-0.15, -0.1) is 0 Å². The number of amides is 1. The Labute approximate surface area is 159 Å². The summed E-state index contributed by atoms with van der Waals surface area (Å²) in [4.78, 5) is 14.7. The molecule has 2 aromatic rings. The van der Waals surface area contributed by atoms with Gasteiger partial charge in [0, 0.05) is 26.2 Å². The fraction of sp³-hybridized carbons (Fsp3) is 0.350. The molecular weight excluding hydrogens is 364 g/mol. The van der Waals surface area contributed by atoms with E-state index in [1.54, 1.807) is 23.1 Å². The van der Waals surface area contributed by atoms with Crippen molar-refractivity contribution in [3.63, 3.8) is 0 Å². The predicted molar refractivity (Wildman–Crippen MR) is 102 cm³/mol. The number of rotatable bonds is 5.